The molecule has 2 rings (SSSR count). The van der Waals surface area contributed by atoms with E-state index in [1.165, 1.54) is 10.6 Å². The number of aromatic nitrogens is 3. The van der Waals surface area contributed by atoms with Crippen molar-refractivity contribution in [2.75, 3.05) is 5.32 Å². The molecule has 0 aliphatic carbocycles. The van der Waals surface area contributed by atoms with Crippen LogP contribution in [0.25, 0.3) is 0 Å². The van der Waals surface area contributed by atoms with Crippen LogP contribution in [0.15, 0.2) is 30.6 Å². The molecule has 0 spiro atoms. The number of hydrogen-bond acceptors (Lipinski definition) is 3. The number of carboxylic acid groups (broad SMARTS) is 1. The Bertz CT molecular complexity index is 585. The van der Waals surface area contributed by atoms with E-state index < -0.39 is 5.97 Å². The van der Waals surface area contributed by atoms with Gasteiger partial charge in [-0.1, -0.05) is 0 Å². The summed E-state index contributed by atoms with van der Waals surface area (Å²) in [6.45, 7) is -0.0643. The summed E-state index contributed by atoms with van der Waals surface area (Å²) in [6.07, 6.45) is 3.25. The Morgan fingerprint density at radius 3 is 2.78 bits per heavy atom. The van der Waals surface area contributed by atoms with E-state index in [0.29, 0.717) is 5.82 Å². The number of carboxylic acids is 1. The van der Waals surface area contributed by atoms with Crippen molar-refractivity contribution in [3.8, 4) is 0 Å². The largest absolute Gasteiger partial charge is 0.477 e. The van der Waals surface area contributed by atoms with Crippen LogP contribution >= 0.6 is 0 Å². The van der Waals surface area contributed by atoms with Gasteiger partial charge in [-0.25, -0.2) is 4.79 Å². The summed E-state index contributed by atoms with van der Waals surface area (Å²) in [6, 6.07) is 4.68. The summed E-state index contributed by atoms with van der Waals surface area (Å²) in [5.74, 6) is -0.954. The van der Waals surface area contributed by atoms with Crippen LogP contribution in [0.3, 0.4) is 0 Å². The average molecular weight is 248 g/mol. The molecule has 0 bridgehead atoms. The summed E-state index contributed by atoms with van der Waals surface area (Å²) in [5, 5.41) is 15.5. The zero-order chi connectivity index (χ0) is 13.1. The average Bonchev–Trinajstić information content (AvgIpc) is 2.87. The highest BCUT2D eigenvalue weighted by Gasteiger charge is 2.12. The van der Waals surface area contributed by atoms with Crippen molar-refractivity contribution in [1.29, 1.82) is 0 Å². The summed E-state index contributed by atoms with van der Waals surface area (Å²) in [4.78, 5) is 22.5. The van der Waals surface area contributed by atoms with Gasteiger partial charge in [0.2, 0.25) is 5.91 Å². The second-order valence-electron chi connectivity index (χ2n) is 3.75. The van der Waals surface area contributed by atoms with Crippen LogP contribution in [0, 0.1) is 0 Å². The highest BCUT2D eigenvalue weighted by Crippen LogP contribution is 2.04. The SMILES string of the molecule is Cn1ccc(NC(=O)Cn2cccc2C(=O)O)n1. The number of aromatic carboxylic acids is 1. The molecule has 0 saturated carbocycles. The molecule has 2 aromatic heterocycles. The van der Waals surface area contributed by atoms with E-state index in [4.69, 9.17) is 5.11 Å². The molecule has 0 aliphatic heterocycles. The minimum absolute atomic E-state index is 0.0643. The third-order valence-corrected chi connectivity index (χ3v) is 2.34. The molecule has 0 radical (unpaired) electrons. The van der Waals surface area contributed by atoms with Gasteiger partial charge >= 0.3 is 5.97 Å². The van der Waals surface area contributed by atoms with Gasteiger partial charge in [0.1, 0.15) is 12.2 Å². The van der Waals surface area contributed by atoms with Gasteiger partial charge in [0.25, 0.3) is 0 Å². The van der Waals surface area contributed by atoms with Crippen LogP contribution < -0.4 is 5.32 Å². The number of amides is 1. The molecule has 0 aliphatic rings. The van der Waals surface area contributed by atoms with E-state index in [0.717, 1.165) is 0 Å². The highest BCUT2D eigenvalue weighted by atomic mass is 16.4. The standard InChI is InChI=1S/C11H12N4O3/c1-14-6-4-9(13-14)12-10(16)7-15-5-2-3-8(15)11(17)18/h2-6H,7H2,1H3,(H,17,18)(H,12,13,16). The van der Waals surface area contributed by atoms with E-state index >= 15 is 0 Å². The molecule has 0 fully saturated rings. The Morgan fingerprint density at radius 2 is 2.17 bits per heavy atom. The van der Waals surface area contributed by atoms with Crippen molar-refractivity contribution in [1.82, 2.24) is 14.3 Å². The Labute approximate surface area is 103 Å². The van der Waals surface area contributed by atoms with Gasteiger partial charge in [-0.3, -0.25) is 9.48 Å². The Morgan fingerprint density at radius 1 is 1.39 bits per heavy atom. The van der Waals surface area contributed by atoms with Crippen LogP contribution in [-0.2, 0) is 18.4 Å². The van der Waals surface area contributed by atoms with Gasteiger partial charge < -0.3 is 15.0 Å². The van der Waals surface area contributed by atoms with Crippen molar-refractivity contribution in [3.05, 3.63) is 36.3 Å². The number of hydrogen-bond donors (Lipinski definition) is 2. The van der Waals surface area contributed by atoms with Crippen LogP contribution in [0.2, 0.25) is 0 Å². The first-order valence-corrected chi connectivity index (χ1v) is 5.24. The highest BCUT2D eigenvalue weighted by molar-refractivity contribution is 5.91. The smallest absolute Gasteiger partial charge is 0.352 e. The fourth-order valence-corrected chi connectivity index (χ4v) is 1.56. The number of rotatable bonds is 4. The molecule has 18 heavy (non-hydrogen) atoms. The summed E-state index contributed by atoms with van der Waals surface area (Å²) < 4.78 is 2.93. The van der Waals surface area contributed by atoms with E-state index in [2.05, 4.69) is 10.4 Å². The fraction of sp³-hybridized carbons (Fsp3) is 0.182. The normalized spacial score (nSPS) is 10.3. The number of carbonyl (C=O) groups excluding carboxylic acids is 1. The summed E-state index contributed by atoms with van der Waals surface area (Å²) >= 11 is 0. The number of anilines is 1. The third kappa shape index (κ3) is 2.57. The maximum absolute atomic E-state index is 11.7. The van der Waals surface area contributed by atoms with Crippen LogP contribution in [0.1, 0.15) is 10.5 Å². The first kappa shape index (κ1) is 11.9. The maximum atomic E-state index is 11.7. The number of nitrogens with zero attached hydrogens (tertiary/aromatic N) is 3. The van der Waals surface area contributed by atoms with Crippen LogP contribution in [0.5, 0.6) is 0 Å². The Kier molecular flexibility index (Phi) is 3.13. The molecular formula is C11H12N4O3. The molecule has 0 saturated heterocycles. The van der Waals surface area contributed by atoms with E-state index in [-0.39, 0.29) is 18.1 Å². The van der Waals surface area contributed by atoms with E-state index in [1.807, 2.05) is 0 Å². The van der Waals surface area contributed by atoms with Crippen molar-refractivity contribution in [2.45, 2.75) is 6.54 Å². The molecule has 0 unspecified atom stereocenters. The molecule has 0 atom stereocenters. The summed E-state index contributed by atoms with van der Waals surface area (Å²) in [5.41, 5.74) is 0.0752. The van der Waals surface area contributed by atoms with Gasteiger partial charge in [0, 0.05) is 25.5 Å². The molecule has 94 valence electrons. The molecule has 2 heterocycles. The predicted octanol–water partition coefficient (Wildman–Crippen LogP) is 0.558. The van der Waals surface area contributed by atoms with Gasteiger partial charge in [-0.15, -0.1) is 0 Å². The maximum Gasteiger partial charge on any atom is 0.352 e. The van der Waals surface area contributed by atoms with Crippen molar-refractivity contribution < 1.29 is 14.7 Å². The second-order valence-corrected chi connectivity index (χ2v) is 3.75. The number of carbonyl (C=O) groups is 2. The van der Waals surface area contributed by atoms with E-state index in [1.54, 1.807) is 36.3 Å². The fourth-order valence-electron chi connectivity index (χ4n) is 1.56. The number of aryl methyl sites for hydroxylation is 1. The van der Waals surface area contributed by atoms with Crippen LogP contribution in [0.4, 0.5) is 5.82 Å². The van der Waals surface area contributed by atoms with Crippen molar-refractivity contribution >= 4 is 17.7 Å². The monoisotopic (exact) mass is 248 g/mol. The van der Waals surface area contributed by atoms with Crippen molar-refractivity contribution in [2.24, 2.45) is 7.05 Å². The third-order valence-electron chi connectivity index (χ3n) is 2.34. The molecule has 2 aromatic rings. The molecule has 0 aromatic carbocycles. The van der Waals surface area contributed by atoms with Crippen LogP contribution in [-0.4, -0.2) is 31.3 Å². The lowest BCUT2D eigenvalue weighted by Gasteiger charge is -2.05. The van der Waals surface area contributed by atoms with Gasteiger partial charge in [0.05, 0.1) is 0 Å². The minimum Gasteiger partial charge on any atom is -0.477 e. The number of nitrogens with one attached hydrogen (secondary N) is 1. The predicted molar refractivity (Wildman–Crippen MR) is 63.2 cm³/mol. The lowest BCUT2D eigenvalue weighted by atomic mass is 10.4. The second kappa shape index (κ2) is 4.74. The van der Waals surface area contributed by atoms with Gasteiger partial charge in [-0.2, -0.15) is 5.10 Å². The van der Waals surface area contributed by atoms with Gasteiger partial charge in [0.15, 0.2) is 5.82 Å². The molecule has 2 N–H and O–H groups in total. The quantitative estimate of drug-likeness (QED) is 0.827. The first-order chi connectivity index (χ1) is 8.56. The summed E-state index contributed by atoms with van der Waals surface area (Å²) in [7, 11) is 1.74. The zero-order valence-electron chi connectivity index (χ0n) is 9.70. The minimum atomic E-state index is -1.06. The molecular weight excluding hydrogens is 236 g/mol. The lowest BCUT2D eigenvalue weighted by molar-refractivity contribution is -0.116. The van der Waals surface area contributed by atoms with Gasteiger partial charge in [-0.05, 0) is 12.1 Å². The topological polar surface area (TPSA) is 89.2 Å². The first-order valence-electron chi connectivity index (χ1n) is 5.24. The zero-order valence-corrected chi connectivity index (χ0v) is 9.70. The van der Waals surface area contributed by atoms with Crippen molar-refractivity contribution in [3.63, 3.8) is 0 Å². The van der Waals surface area contributed by atoms with E-state index in [9.17, 15) is 9.59 Å². The Balaban J connectivity index is 2.03. The molecule has 1 amide bonds. The molecule has 7 nitrogen and oxygen atoms in total. The lowest BCUT2D eigenvalue weighted by Crippen LogP contribution is -2.21. The molecule has 7 heteroatoms. The Hall–Kier alpha value is -2.57.